The van der Waals surface area contributed by atoms with Gasteiger partial charge in [0.05, 0.1) is 38.1 Å². The highest BCUT2D eigenvalue weighted by molar-refractivity contribution is 5.99. The van der Waals surface area contributed by atoms with Crippen LogP contribution in [0.2, 0.25) is 0 Å². The average Bonchev–Trinajstić information content (AvgIpc) is 1.65. The number of nitrogens with two attached hydrogens (primary N) is 4. The number of hydrogen-bond donors (Lipinski definition) is 20. The Bertz CT molecular complexity index is 3650. The largest absolute Gasteiger partial charge is 0.480 e. The molecular weight excluding hydrogens is 1330 g/mol. The van der Waals surface area contributed by atoms with Crippen LogP contribution in [-0.2, 0) is 88.0 Å². The van der Waals surface area contributed by atoms with Crippen LogP contribution < -0.4 is 81.4 Å². The van der Waals surface area contributed by atoms with E-state index in [0.717, 1.165) is 5.52 Å². The molecule has 102 heavy (non-hydrogen) atoms. The van der Waals surface area contributed by atoms with E-state index in [1.807, 2.05) is 0 Å². The zero-order valence-corrected chi connectivity index (χ0v) is 58.1. The minimum absolute atomic E-state index is 0.0272. The summed E-state index contributed by atoms with van der Waals surface area (Å²) in [4.78, 5) is 206. The normalized spacial score (nSPS) is 14.5. The highest BCUT2D eigenvalue weighted by atomic mass is 16.4. The molecule has 556 valence electrons. The second kappa shape index (κ2) is 40.7. The van der Waals surface area contributed by atoms with Crippen LogP contribution in [0.3, 0.4) is 0 Å². The summed E-state index contributed by atoms with van der Waals surface area (Å²) in [5, 5.41) is 38.7. The van der Waals surface area contributed by atoms with Crippen molar-refractivity contribution in [1.82, 2.24) is 93.4 Å². The monoisotopic (exact) mass is 1420 g/mol. The molecule has 37 nitrogen and oxygen atoms in total. The molecule has 37 heteroatoms. The van der Waals surface area contributed by atoms with E-state index < -0.39 is 163 Å². The van der Waals surface area contributed by atoms with Crippen LogP contribution in [0.4, 0.5) is 0 Å². The molecule has 0 saturated heterocycles. The number of H-pyrrole nitrogens is 4. The topological polar surface area (TPSA) is 593 Å². The summed E-state index contributed by atoms with van der Waals surface area (Å²) in [5.41, 5.74) is 25.2. The first kappa shape index (κ1) is 81.4. The Morgan fingerprint density at radius 2 is 0.961 bits per heavy atom. The van der Waals surface area contributed by atoms with Crippen molar-refractivity contribution in [2.45, 2.75) is 180 Å². The summed E-state index contributed by atoms with van der Waals surface area (Å²) >= 11 is 0. The summed E-state index contributed by atoms with van der Waals surface area (Å²) < 4.78 is 0. The molecule has 12 amide bonds. The van der Waals surface area contributed by atoms with Crippen molar-refractivity contribution in [1.29, 1.82) is 0 Å². The molecule has 5 rings (SSSR count). The number of nitrogens with one attached hydrogen (secondary N) is 15. The van der Waals surface area contributed by atoms with Crippen molar-refractivity contribution >= 4 is 93.7 Å². The second-order valence-corrected chi connectivity index (χ2v) is 25.6. The Balaban J connectivity index is 1.30. The number of para-hydroxylation sites is 1. The standard InChI is InChI=1S/C65H97N23O14/c1-8-35(6)54(88-58(95)45(15-16-51(67)89)84-61(98)48(20-37-24-74-43-13-10-9-12-41(37)43)82-52(90)28-75-55(92)42(66)21-38-25-70-30-77-38)63(100)87-49(22-39-26-71-31-78-39)56(93)76-29-53(91)81-46(18-33(2)3)59(96)85-47(19-34(4)5)60(97)86-50(23-40-27-72-32-79-40)62(99)83-44(14-11-17-73-65(68)69)57(94)80-36(7)64(101)102/h9-10,12-13,24-27,30-36,42,44-50,54,74H,8,11,14-23,28-29,66H2,1-7H3,(H2,67,89)(H,70,77)(H,71,78)(H,72,79)(H,75,92)(H,76,93)(H,80,94)(H,81,91)(H,82,90)(H,83,99)(H,84,98)(H,85,96)(H,86,97)(H,87,100)(H,88,95)(H,101,102)(H4,68,69,73)/t35-,36-,42-,44-,45-,46-,47-,48-,49-,50-,54-/m0/s1. The molecule has 0 bridgehead atoms. The number of hydrogen-bond acceptors (Lipinski definition) is 18. The van der Waals surface area contributed by atoms with Gasteiger partial charge in [-0.1, -0.05) is 66.2 Å². The fourth-order valence-electron chi connectivity index (χ4n) is 10.6. The molecule has 0 aliphatic heterocycles. The quantitative estimate of drug-likeness (QED) is 0.0101. The van der Waals surface area contributed by atoms with Crippen LogP contribution in [0, 0.1) is 17.8 Å². The third-order valence-corrected chi connectivity index (χ3v) is 16.3. The van der Waals surface area contributed by atoms with Crippen molar-refractivity contribution in [3.8, 4) is 0 Å². The van der Waals surface area contributed by atoms with E-state index in [4.69, 9.17) is 22.9 Å². The molecule has 0 aliphatic rings. The molecule has 0 radical (unpaired) electrons. The minimum Gasteiger partial charge on any atom is -0.480 e. The number of primary amides is 1. The van der Waals surface area contributed by atoms with Gasteiger partial charge in [0.15, 0.2) is 5.96 Å². The highest BCUT2D eigenvalue weighted by Crippen LogP contribution is 2.20. The molecule has 4 heterocycles. The van der Waals surface area contributed by atoms with Gasteiger partial charge in [-0.15, -0.1) is 0 Å². The molecule has 24 N–H and O–H groups in total. The molecule has 0 aliphatic carbocycles. The van der Waals surface area contributed by atoms with Gasteiger partial charge in [-0.25, -0.2) is 15.0 Å². The van der Waals surface area contributed by atoms with Gasteiger partial charge < -0.3 is 106 Å². The summed E-state index contributed by atoms with van der Waals surface area (Å²) in [5.74, 6) is -12.8. The number of nitrogens with zero attached hydrogens (tertiary/aromatic N) is 4. The number of aromatic nitrogens is 7. The Hall–Kier alpha value is -11.3. The van der Waals surface area contributed by atoms with Gasteiger partial charge in [0.25, 0.3) is 0 Å². The highest BCUT2D eigenvalue weighted by Gasteiger charge is 2.37. The average molecular weight is 1420 g/mol. The van der Waals surface area contributed by atoms with E-state index in [2.05, 4.69) is 98.4 Å². The number of aliphatic carboxylic acids is 1. The Kier molecular flexibility index (Phi) is 32.5. The number of aromatic amines is 4. The van der Waals surface area contributed by atoms with E-state index in [1.54, 1.807) is 72.0 Å². The molecule has 0 fully saturated rings. The molecule has 1 aromatic carbocycles. The zero-order valence-electron chi connectivity index (χ0n) is 58.1. The number of carbonyl (C=O) groups is 13. The smallest absolute Gasteiger partial charge is 0.325 e. The van der Waals surface area contributed by atoms with E-state index in [9.17, 15) is 67.4 Å². The summed E-state index contributed by atoms with van der Waals surface area (Å²) in [6, 6.07) is -6.44. The molecule has 11 atom stereocenters. The van der Waals surface area contributed by atoms with Gasteiger partial charge in [-0.2, -0.15) is 0 Å². The van der Waals surface area contributed by atoms with Gasteiger partial charge in [0.2, 0.25) is 70.9 Å². The van der Waals surface area contributed by atoms with Crippen molar-refractivity contribution in [2.24, 2.45) is 45.7 Å². The third kappa shape index (κ3) is 27.4. The zero-order chi connectivity index (χ0) is 75.2. The Labute approximate surface area is 587 Å². The maximum absolute atomic E-state index is 14.6. The van der Waals surface area contributed by atoms with Crippen LogP contribution in [-0.4, -0.2) is 203 Å². The van der Waals surface area contributed by atoms with Crippen LogP contribution in [0.1, 0.15) is 116 Å². The lowest BCUT2D eigenvalue weighted by Crippen LogP contribution is -2.60. The summed E-state index contributed by atoms with van der Waals surface area (Å²) in [6.45, 7) is 10.4. The van der Waals surface area contributed by atoms with Gasteiger partial charge in [0, 0.05) is 91.4 Å². The molecule has 4 aromatic heterocycles. The fourth-order valence-corrected chi connectivity index (χ4v) is 10.6. The Morgan fingerprint density at radius 3 is 1.48 bits per heavy atom. The van der Waals surface area contributed by atoms with E-state index in [0.29, 0.717) is 28.0 Å². The van der Waals surface area contributed by atoms with Gasteiger partial charge in [-0.05, 0) is 68.4 Å². The van der Waals surface area contributed by atoms with Gasteiger partial charge in [-0.3, -0.25) is 67.3 Å². The van der Waals surface area contributed by atoms with E-state index in [1.165, 1.54) is 44.5 Å². The number of carbonyl (C=O) groups excluding carboxylic acids is 12. The minimum atomic E-state index is -1.56. The van der Waals surface area contributed by atoms with Crippen molar-refractivity contribution < 1.29 is 67.4 Å². The van der Waals surface area contributed by atoms with Crippen molar-refractivity contribution in [3.05, 3.63) is 90.7 Å². The molecule has 5 aromatic rings. The number of carboxylic acid groups (broad SMARTS) is 1. The second-order valence-electron chi connectivity index (χ2n) is 25.6. The van der Waals surface area contributed by atoms with Crippen LogP contribution in [0.5, 0.6) is 0 Å². The maximum atomic E-state index is 14.6. The van der Waals surface area contributed by atoms with Crippen molar-refractivity contribution in [2.75, 3.05) is 19.6 Å². The summed E-state index contributed by atoms with van der Waals surface area (Å²) in [6.07, 6.45) is 9.23. The number of carboxylic acids is 1. The number of aliphatic imine (C=N–C) groups is 1. The molecular formula is C65H97N23O14. The van der Waals surface area contributed by atoms with Gasteiger partial charge >= 0.3 is 5.97 Å². The van der Waals surface area contributed by atoms with Gasteiger partial charge in [0.1, 0.15) is 54.4 Å². The van der Waals surface area contributed by atoms with Crippen LogP contribution in [0.15, 0.2) is 73.0 Å². The number of fused-ring (bicyclic) bond motifs is 1. The van der Waals surface area contributed by atoms with Crippen molar-refractivity contribution in [3.63, 3.8) is 0 Å². The van der Waals surface area contributed by atoms with E-state index >= 15 is 0 Å². The molecule has 0 saturated carbocycles. The number of rotatable bonds is 44. The first-order valence-electron chi connectivity index (χ1n) is 33.5. The number of imidazole rings is 3. The SMILES string of the molecule is CC[C@H](C)[C@H](NC(=O)[C@H](CCC(N)=O)NC(=O)[C@H](Cc1c[nH]c2ccccc12)NC(=O)CNC(=O)[C@@H](N)Cc1cnc[nH]1)C(=O)N[C@@H](Cc1cnc[nH]1)C(=O)NCC(=O)N[C@@H](CC(C)C)C(=O)N[C@@H](CC(C)C)C(=O)N[C@@H](Cc1cnc[nH]1)C(=O)N[C@@H](CCCN=C(N)N)C(=O)N[C@@H](C)C(=O)O. The fraction of sp³-hybridized carbons (Fsp3) is 0.523. The molecule has 0 spiro atoms. The van der Waals surface area contributed by atoms with E-state index in [-0.39, 0.29) is 88.5 Å². The molecule has 0 unspecified atom stereocenters. The third-order valence-electron chi connectivity index (χ3n) is 16.3. The van der Waals surface area contributed by atoms with Crippen LogP contribution in [0.25, 0.3) is 10.9 Å². The first-order chi connectivity index (χ1) is 48.4. The number of amides is 12. The predicted molar refractivity (Wildman–Crippen MR) is 370 cm³/mol. The predicted octanol–water partition coefficient (Wildman–Crippen LogP) is -3.91. The van der Waals surface area contributed by atoms with Crippen LogP contribution >= 0.6 is 0 Å². The first-order valence-corrected chi connectivity index (χ1v) is 33.5. The Morgan fingerprint density at radius 1 is 0.510 bits per heavy atom. The lowest BCUT2D eigenvalue weighted by atomic mass is 9.96. The lowest BCUT2D eigenvalue weighted by Gasteiger charge is -2.29. The lowest BCUT2D eigenvalue weighted by molar-refractivity contribution is -0.142. The number of guanidine groups is 1. The number of benzene rings is 1. The summed E-state index contributed by atoms with van der Waals surface area (Å²) in [7, 11) is 0. The maximum Gasteiger partial charge on any atom is 0.325 e.